The average molecular weight is 405 g/mol. The minimum atomic E-state index is -0.554. The molecule has 7 nitrogen and oxygen atoms in total. The lowest BCUT2D eigenvalue weighted by Crippen LogP contribution is -2.47. The van der Waals surface area contributed by atoms with Gasteiger partial charge >= 0.3 is 0 Å². The highest BCUT2D eigenvalue weighted by Crippen LogP contribution is 2.24. The lowest BCUT2D eigenvalue weighted by molar-refractivity contribution is -0.125. The third kappa shape index (κ3) is 3.31. The molecule has 1 aliphatic heterocycles. The topological polar surface area (TPSA) is 83.0 Å². The zero-order valence-electron chi connectivity index (χ0n) is 15.5. The quantitative estimate of drug-likeness (QED) is 0.548. The number of thiophene rings is 1. The van der Waals surface area contributed by atoms with E-state index in [-0.39, 0.29) is 18.4 Å². The Labute approximate surface area is 171 Å². The first-order chi connectivity index (χ1) is 14.2. The third-order valence-electron chi connectivity index (χ3n) is 5.16. The number of rotatable bonds is 4. The molecule has 0 saturated carbocycles. The largest absolute Gasteiger partial charge is 0.351 e. The number of amides is 2. The number of nitrogens with one attached hydrogen (secondary N) is 2. The molecule has 0 radical (unpaired) electrons. The third-order valence-corrected chi connectivity index (χ3v) is 6.04. The molecule has 0 saturated heterocycles. The second-order valence-corrected chi connectivity index (χ2v) is 8.07. The number of aromatic nitrogens is 3. The van der Waals surface area contributed by atoms with Crippen LogP contribution in [-0.2, 0) is 17.9 Å². The predicted molar refractivity (Wildman–Crippen MR) is 110 cm³/mol. The van der Waals surface area contributed by atoms with Gasteiger partial charge in [0.15, 0.2) is 0 Å². The Balaban J connectivity index is 1.38. The number of para-hydroxylation sites is 1. The zero-order valence-corrected chi connectivity index (χ0v) is 16.4. The lowest BCUT2D eigenvalue weighted by atomic mass is 10.1. The first kappa shape index (κ1) is 17.7. The molecule has 8 heteroatoms. The van der Waals surface area contributed by atoms with Crippen LogP contribution in [0.2, 0.25) is 0 Å². The van der Waals surface area contributed by atoms with E-state index in [1.54, 1.807) is 27.1 Å². The summed E-state index contributed by atoms with van der Waals surface area (Å²) >= 11 is 1.60. The zero-order chi connectivity index (χ0) is 19.8. The maximum atomic E-state index is 13.1. The molecule has 0 spiro atoms. The van der Waals surface area contributed by atoms with Gasteiger partial charge in [0.1, 0.15) is 11.7 Å². The van der Waals surface area contributed by atoms with Crippen molar-refractivity contribution in [1.82, 2.24) is 25.0 Å². The Kier molecular flexibility index (Phi) is 4.40. The van der Waals surface area contributed by atoms with E-state index in [1.807, 2.05) is 53.9 Å². The van der Waals surface area contributed by atoms with Gasteiger partial charge in [0.05, 0.1) is 25.3 Å². The highest BCUT2D eigenvalue weighted by Gasteiger charge is 2.33. The molecule has 5 rings (SSSR count). The van der Waals surface area contributed by atoms with Gasteiger partial charge in [-0.25, -0.2) is 0 Å². The Bertz CT molecular complexity index is 1140. The van der Waals surface area contributed by atoms with E-state index in [0.717, 1.165) is 21.5 Å². The van der Waals surface area contributed by atoms with Crippen LogP contribution in [0.4, 0.5) is 0 Å². The van der Waals surface area contributed by atoms with Crippen LogP contribution in [0.1, 0.15) is 27.1 Å². The first-order valence-corrected chi connectivity index (χ1v) is 10.3. The van der Waals surface area contributed by atoms with Crippen LogP contribution in [-0.4, -0.2) is 38.0 Å². The molecule has 0 aliphatic carbocycles. The number of carbonyl (C=O) groups excluding carboxylic acids is 2. The number of hydrogen-bond donors (Lipinski definition) is 2. The Morgan fingerprint density at radius 3 is 2.93 bits per heavy atom. The van der Waals surface area contributed by atoms with Gasteiger partial charge in [-0.1, -0.05) is 24.3 Å². The van der Waals surface area contributed by atoms with Crippen LogP contribution in [0.5, 0.6) is 0 Å². The minimum Gasteiger partial charge on any atom is -0.351 e. The maximum Gasteiger partial charge on any atom is 0.270 e. The Morgan fingerprint density at radius 2 is 2.10 bits per heavy atom. The Hall–Kier alpha value is -3.39. The average Bonchev–Trinajstić information content (AvgIpc) is 3.50. The van der Waals surface area contributed by atoms with E-state index in [0.29, 0.717) is 18.8 Å². The van der Waals surface area contributed by atoms with Crippen molar-refractivity contribution in [3.8, 4) is 0 Å². The maximum absolute atomic E-state index is 13.1. The molecule has 1 atom stereocenters. The van der Waals surface area contributed by atoms with Gasteiger partial charge in [0, 0.05) is 22.0 Å². The summed E-state index contributed by atoms with van der Waals surface area (Å²) in [4.78, 5) is 32.0. The monoisotopic (exact) mass is 405 g/mol. The SMILES string of the molecule is O=C(NCc1cccs1)[C@@H]1CN(C(=O)c2cc3ccccc3[nH]2)Cc2ccnn21. The van der Waals surface area contributed by atoms with Crippen molar-refractivity contribution < 1.29 is 9.59 Å². The van der Waals surface area contributed by atoms with Gasteiger partial charge in [-0.05, 0) is 29.6 Å². The molecule has 1 aliphatic rings. The highest BCUT2D eigenvalue weighted by atomic mass is 32.1. The summed E-state index contributed by atoms with van der Waals surface area (Å²) in [5.41, 5.74) is 2.29. The van der Waals surface area contributed by atoms with E-state index in [9.17, 15) is 9.59 Å². The minimum absolute atomic E-state index is 0.121. The standard InChI is InChI=1S/C21H19N5O2S/c27-20(22-11-16-5-3-9-29-16)19-13-25(12-15-7-8-23-26(15)19)21(28)18-10-14-4-1-2-6-17(14)24-18/h1-10,19,24H,11-13H2,(H,22,27)/t19-/m0/s1. The van der Waals surface area contributed by atoms with Crippen molar-refractivity contribution in [3.05, 3.63) is 76.4 Å². The van der Waals surface area contributed by atoms with Gasteiger partial charge in [-0.3, -0.25) is 14.3 Å². The number of carbonyl (C=O) groups is 2. The van der Waals surface area contributed by atoms with Gasteiger partial charge in [0.2, 0.25) is 5.91 Å². The van der Waals surface area contributed by atoms with Gasteiger partial charge < -0.3 is 15.2 Å². The Morgan fingerprint density at radius 1 is 1.21 bits per heavy atom. The van der Waals surface area contributed by atoms with Crippen LogP contribution >= 0.6 is 11.3 Å². The summed E-state index contributed by atoms with van der Waals surface area (Å²) in [6.07, 6.45) is 1.67. The predicted octanol–water partition coefficient (Wildman–Crippen LogP) is 2.94. The van der Waals surface area contributed by atoms with E-state index < -0.39 is 6.04 Å². The second kappa shape index (κ2) is 7.21. The molecule has 4 aromatic rings. The molecule has 1 aromatic carbocycles. The molecular weight excluding hydrogens is 386 g/mol. The molecule has 0 unspecified atom stereocenters. The van der Waals surface area contributed by atoms with Crippen LogP contribution in [0.15, 0.2) is 60.1 Å². The molecule has 146 valence electrons. The van der Waals surface area contributed by atoms with Crippen molar-refractivity contribution in [2.24, 2.45) is 0 Å². The van der Waals surface area contributed by atoms with Gasteiger partial charge in [-0.15, -0.1) is 11.3 Å². The molecule has 2 N–H and O–H groups in total. The highest BCUT2D eigenvalue weighted by molar-refractivity contribution is 7.09. The summed E-state index contributed by atoms with van der Waals surface area (Å²) in [6.45, 7) is 1.17. The summed E-state index contributed by atoms with van der Waals surface area (Å²) < 4.78 is 1.72. The van der Waals surface area contributed by atoms with Crippen LogP contribution in [0.25, 0.3) is 10.9 Å². The molecule has 2 amide bonds. The fraction of sp³-hybridized carbons (Fsp3) is 0.190. The summed E-state index contributed by atoms with van der Waals surface area (Å²) in [5, 5.41) is 10.3. The molecular formula is C21H19N5O2S. The van der Waals surface area contributed by atoms with E-state index >= 15 is 0 Å². The van der Waals surface area contributed by atoms with Crippen LogP contribution in [0.3, 0.4) is 0 Å². The fourth-order valence-corrected chi connectivity index (χ4v) is 4.35. The normalized spacial score (nSPS) is 16.0. The van der Waals surface area contributed by atoms with E-state index in [2.05, 4.69) is 15.4 Å². The lowest BCUT2D eigenvalue weighted by Gasteiger charge is -2.33. The van der Waals surface area contributed by atoms with Gasteiger partial charge in [-0.2, -0.15) is 5.10 Å². The molecule has 0 fully saturated rings. The molecule has 3 aromatic heterocycles. The summed E-state index contributed by atoms with van der Waals surface area (Å²) in [7, 11) is 0. The van der Waals surface area contributed by atoms with Crippen molar-refractivity contribution in [2.75, 3.05) is 6.54 Å². The number of hydrogen-bond acceptors (Lipinski definition) is 4. The first-order valence-electron chi connectivity index (χ1n) is 9.38. The number of aromatic amines is 1. The van der Waals surface area contributed by atoms with E-state index in [4.69, 9.17) is 0 Å². The second-order valence-electron chi connectivity index (χ2n) is 7.04. The van der Waals surface area contributed by atoms with Crippen LogP contribution in [0, 0.1) is 0 Å². The van der Waals surface area contributed by atoms with Crippen molar-refractivity contribution in [1.29, 1.82) is 0 Å². The molecule has 29 heavy (non-hydrogen) atoms. The van der Waals surface area contributed by atoms with Crippen molar-refractivity contribution >= 4 is 34.1 Å². The number of fused-ring (bicyclic) bond motifs is 2. The summed E-state index contributed by atoms with van der Waals surface area (Å²) in [6, 6.07) is 14.9. The number of benzene rings is 1. The summed E-state index contributed by atoms with van der Waals surface area (Å²) in [5.74, 6) is -0.262. The molecule has 0 bridgehead atoms. The smallest absolute Gasteiger partial charge is 0.270 e. The number of H-pyrrole nitrogens is 1. The number of nitrogens with zero attached hydrogens (tertiary/aromatic N) is 3. The van der Waals surface area contributed by atoms with E-state index in [1.165, 1.54) is 0 Å². The van der Waals surface area contributed by atoms with Crippen molar-refractivity contribution in [3.63, 3.8) is 0 Å². The van der Waals surface area contributed by atoms with Crippen LogP contribution < -0.4 is 5.32 Å². The van der Waals surface area contributed by atoms with Gasteiger partial charge in [0.25, 0.3) is 5.91 Å². The fourth-order valence-electron chi connectivity index (χ4n) is 3.71. The molecule has 4 heterocycles. The van der Waals surface area contributed by atoms with Crippen molar-refractivity contribution in [2.45, 2.75) is 19.1 Å².